The quantitative estimate of drug-likeness (QED) is 0.187. The van der Waals surface area contributed by atoms with E-state index < -0.39 is 17.3 Å². The van der Waals surface area contributed by atoms with Crippen LogP contribution in [-0.4, -0.2) is 52.7 Å². The number of benzene rings is 3. The summed E-state index contributed by atoms with van der Waals surface area (Å²) in [6.45, 7) is 2.76. The first kappa shape index (κ1) is 32.3. The number of aromatic nitrogens is 3. The summed E-state index contributed by atoms with van der Waals surface area (Å²) >= 11 is 6.45. The number of hydrogen-bond acceptors (Lipinski definition) is 7. The van der Waals surface area contributed by atoms with Gasteiger partial charge in [-0.3, -0.25) is 14.3 Å². The Morgan fingerprint density at radius 2 is 1.88 bits per heavy atom. The van der Waals surface area contributed by atoms with Crippen LogP contribution in [-0.2, 0) is 17.5 Å². The van der Waals surface area contributed by atoms with Crippen molar-refractivity contribution in [1.82, 2.24) is 24.8 Å². The molecule has 2 N–H and O–H groups in total. The van der Waals surface area contributed by atoms with Crippen molar-refractivity contribution in [1.29, 1.82) is 0 Å². The smallest absolute Gasteiger partial charge is 0.371 e. The SMILES string of the molecule is CN1CCCC1c1cc(Cl)ccc1-c1cc2cnc(Nc3ccc(C4CNCCO4)cc3)nc2n(Cc2ccccc2C(F)(F)F)c1=O. The maximum atomic E-state index is 14.5. The van der Waals surface area contributed by atoms with Crippen molar-refractivity contribution < 1.29 is 17.9 Å². The highest BCUT2D eigenvalue weighted by molar-refractivity contribution is 6.30. The van der Waals surface area contributed by atoms with Gasteiger partial charge in [0.15, 0.2) is 0 Å². The summed E-state index contributed by atoms with van der Waals surface area (Å²) in [4.78, 5) is 25.9. The van der Waals surface area contributed by atoms with Crippen LogP contribution in [0.4, 0.5) is 24.8 Å². The number of hydrogen-bond donors (Lipinski definition) is 2. The summed E-state index contributed by atoms with van der Waals surface area (Å²) in [5.41, 5.74) is 2.58. The summed E-state index contributed by atoms with van der Waals surface area (Å²) in [7, 11) is 2.03. The zero-order chi connectivity index (χ0) is 33.4. The van der Waals surface area contributed by atoms with Gasteiger partial charge in [0.25, 0.3) is 5.56 Å². The van der Waals surface area contributed by atoms with Crippen LogP contribution in [0.25, 0.3) is 22.2 Å². The van der Waals surface area contributed by atoms with Crippen molar-refractivity contribution in [2.24, 2.45) is 0 Å². The molecule has 2 saturated heterocycles. The number of likely N-dealkylation sites (tertiary alicyclic amines) is 1. The normalized spacial score (nSPS) is 18.8. The average molecular weight is 675 g/mol. The Kier molecular flexibility index (Phi) is 8.95. The third-order valence-electron chi connectivity index (χ3n) is 9.13. The van der Waals surface area contributed by atoms with Crippen LogP contribution in [0.2, 0.25) is 5.02 Å². The van der Waals surface area contributed by atoms with Gasteiger partial charge in [0.1, 0.15) is 5.65 Å². The van der Waals surface area contributed by atoms with Crippen LogP contribution in [0.15, 0.2) is 83.8 Å². The molecule has 8 nitrogen and oxygen atoms in total. The van der Waals surface area contributed by atoms with Crippen molar-refractivity contribution in [3.8, 4) is 11.1 Å². The molecule has 2 aliphatic rings. The monoisotopic (exact) mass is 674 g/mol. The summed E-state index contributed by atoms with van der Waals surface area (Å²) in [6, 6.07) is 20.2. The number of pyridine rings is 1. The van der Waals surface area contributed by atoms with Crippen LogP contribution in [0.5, 0.6) is 0 Å². The van der Waals surface area contributed by atoms with Crippen molar-refractivity contribution in [2.45, 2.75) is 37.7 Å². The fraction of sp³-hybridized carbons (Fsp3) is 0.306. The number of ether oxygens (including phenoxy) is 1. The molecule has 7 rings (SSSR count). The predicted molar refractivity (Wildman–Crippen MR) is 181 cm³/mol. The second-order valence-electron chi connectivity index (χ2n) is 12.3. The minimum Gasteiger partial charge on any atom is -0.371 e. The molecule has 0 bridgehead atoms. The second kappa shape index (κ2) is 13.3. The van der Waals surface area contributed by atoms with E-state index in [2.05, 4.69) is 25.5 Å². The summed E-state index contributed by atoms with van der Waals surface area (Å²) in [5, 5.41) is 7.56. The zero-order valence-corrected chi connectivity index (χ0v) is 27.0. The highest BCUT2D eigenvalue weighted by Crippen LogP contribution is 2.38. The van der Waals surface area contributed by atoms with Gasteiger partial charge in [-0.2, -0.15) is 18.2 Å². The van der Waals surface area contributed by atoms with E-state index in [-0.39, 0.29) is 35.8 Å². The van der Waals surface area contributed by atoms with Crippen molar-refractivity contribution >= 4 is 34.3 Å². The maximum Gasteiger partial charge on any atom is 0.416 e. The van der Waals surface area contributed by atoms with Crippen LogP contribution in [0, 0.1) is 0 Å². The number of alkyl halides is 3. The molecule has 2 fully saturated rings. The minimum atomic E-state index is -4.60. The summed E-state index contributed by atoms with van der Waals surface area (Å²) in [6.07, 6.45) is -1.15. The number of rotatable bonds is 7. The lowest BCUT2D eigenvalue weighted by atomic mass is 9.93. The van der Waals surface area contributed by atoms with Crippen molar-refractivity contribution in [3.05, 3.63) is 117 Å². The molecule has 2 atom stereocenters. The average Bonchev–Trinajstić information content (AvgIpc) is 3.52. The summed E-state index contributed by atoms with van der Waals surface area (Å²) in [5.74, 6) is 0.204. The molecule has 0 spiro atoms. The van der Waals surface area contributed by atoms with E-state index >= 15 is 0 Å². The van der Waals surface area contributed by atoms with E-state index in [1.54, 1.807) is 18.3 Å². The number of anilines is 2. The summed E-state index contributed by atoms with van der Waals surface area (Å²) < 4.78 is 49.5. The molecule has 2 unspecified atom stereocenters. The largest absolute Gasteiger partial charge is 0.416 e. The molecule has 2 aliphatic heterocycles. The fourth-order valence-corrected chi connectivity index (χ4v) is 6.89. The minimum absolute atomic E-state index is 0.0388. The molecular formula is C36H34ClF3N6O2. The van der Waals surface area contributed by atoms with E-state index in [1.165, 1.54) is 22.8 Å². The van der Waals surface area contributed by atoms with Gasteiger partial charge < -0.3 is 15.4 Å². The second-order valence-corrected chi connectivity index (χ2v) is 12.7. The van der Waals surface area contributed by atoms with Gasteiger partial charge >= 0.3 is 6.18 Å². The third-order valence-corrected chi connectivity index (χ3v) is 9.36. The molecule has 4 heterocycles. The van der Waals surface area contributed by atoms with E-state index in [1.807, 2.05) is 43.4 Å². The van der Waals surface area contributed by atoms with Gasteiger partial charge in [-0.1, -0.05) is 48.0 Å². The number of nitrogens with one attached hydrogen (secondary N) is 2. The predicted octanol–water partition coefficient (Wildman–Crippen LogP) is 7.35. The van der Waals surface area contributed by atoms with E-state index in [4.69, 9.17) is 16.3 Å². The van der Waals surface area contributed by atoms with Gasteiger partial charge in [0.2, 0.25) is 5.95 Å². The first-order chi connectivity index (χ1) is 23.2. The van der Waals surface area contributed by atoms with Gasteiger partial charge in [0, 0.05) is 47.0 Å². The Morgan fingerprint density at radius 1 is 1.06 bits per heavy atom. The third kappa shape index (κ3) is 6.55. The maximum absolute atomic E-state index is 14.5. The molecule has 0 radical (unpaired) electrons. The standard InChI is InChI=1S/C36H34ClF3N6O2/c1-45-15-4-7-31(45)28-18-25(37)10-13-27(28)29-17-24-19-42-35(43-26-11-8-22(9-12-26)32-20-41-14-16-48-32)44-33(24)46(34(29)47)21-23-5-2-3-6-30(23)36(38,39)40/h2-3,5-6,8-13,17-19,31-32,41H,4,7,14-16,20-21H2,1H3,(H,42,43,44). The lowest BCUT2D eigenvalue weighted by Crippen LogP contribution is -2.33. The first-order valence-corrected chi connectivity index (χ1v) is 16.3. The lowest BCUT2D eigenvalue weighted by molar-refractivity contribution is -0.138. The zero-order valence-electron chi connectivity index (χ0n) is 26.2. The Labute approximate surface area is 280 Å². The van der Waals surface area contributed by atoms with Gasteiger partial charge in [0.05, 0.1) is 24.8 Å². The molecule has 0 amide bonds. The van der Waals surface area contributed by atoms with E-state index in [9.17, 15) is 18.0 Å². The molecule has 12 heteroatoms. The molecule has 3 aromatic carbocycles. The first-order valence-electron chi connectivity index (χ1n) is 15.9. The molecular weight excluding hydrogens is 641 g/mol. The van der Waals surface area contributed by atoms with Crippen LogP contribution in [0.1, 0.15) is 47.2 Å². The van der Waals surface area contributed by atoms with Gasteiger partial charge in [-0.15, -0.1) is 0 Å². The Bertz CT molecular complexity index is 2010. The number of morpholine rings is 1. The molecule has 48 heavy (non-hydrogen) atoms. The molecule has 0 aliphatic carbocycles. The van der Waals surface area contributed by atoms with Crippen LogP contribution in [0.3, 0.4) is 0 Å². The van der Waals surface area contributed by atoms with E-state index in [0.29, 0.717) is 33.8 Å². The number of nitrogens with zero attached hydrogens (tertiary/aromatic N) is 4. The van der Waals surface area contributed by atoms with Gasteiger partial charge in [-0.25, -0.2) is 4.98 Å². The van der Waals surface area contributed by atoms with Crippen molar-refractivity contribution in [3.63, 3.8) is 0 Å². The Balaban J connectivity index is 1.33. The van der Waals surface area contributed by atoms with Crippen LogP contribution >= 0.6 is 11.6 Å². The van der Waals surface area contributed by atoms with Crippen molar-refractivity contribution in [2.75, 3.05) is 38.6 Å². The highest BCUT2D eigenvalue weighted by Gasteiger charge is 2.33. The lowest BCUT2D eigenvalue weighted by Gasteiger charge is -2.24. The van der Waals surface area contributed by atoms with E-state index in [0.717, 1.165) is 49.7 Å². The number of fused-ring (bicyclic) bond motifs is 1. The molecule has 0 saturated carbocycles. The molecule has 248 valence electrons. The van der Waals surface area contributed by atoms with Gasteiger partial charge in [-0.05, 0) is 85.1 Å². The fourth-order valence-electron chi connectivity index (χ4n) is 6.71. The topological polar surface area (TPSA) is 84.3 Å². The Morgan fingerprint density at radius 3 is 2.60 bits per heavy atom. The van der Waals surface area contributed by atoms with Crippen LogP contribution < -0.4 is 16.2 Å². The highest BCUT2D eigenvalue weighted by atomic mass is 35.5. The molecule has 2 aromatic heterocycles. The Hall–Kier alpha value is -4.29. The number of halogens is 4. The molecule has 5 aromatic rings.